The Morgan fingerprint density at radius 1 is 1.30 bits per heavy atom. The molecule has 9 heteroatoms. The Morgan fingerprint density at radius 3 is 2.70 bits per heavy atom. The van der Waals surface area contributed by atoms with Crippen LogP contribution in [0.2, 0.25) is 5.02 Å². The molecule has 2 fully saturated rings. The van der Waals surface area contributed by atoms with Gasteiger partial charge in [0.05, 0.1) is 11.1 Å². The number of nitrogens with zero attached hydrogens (tertiary/aromatic N) is 1. The number of nitrogens with one attached hydrogen (secondary N) is 2. The van der Waals surface area contributed by atoms with Gasteiger partial charge in [-0.25, -0.2) is 13.1 Å². The lowest BCUT2D eigenvalue weighted by Crippen LogP contribution is -2.45. The summed E-state index contributed by atoms with van der Waals surface area (Å²) in [6.07, 6.45) is 3.99. The molecule has 0 aromatic heterocycles. The molecule has 2 atom stereocenters. The van der Waals surface area contributed by atoms with Gasteiger partial charge < -0.3 is 10.1 Å². The van der Waals surface area contributed by atoms with Gasteiger partial charge in [0, 0.05) is 31.3 Å². The molecular formula is C21H32ClN3O4S. The number of hydrogen-bond acceptors (Lipinski definition) is 5. The van der Waals surface area contributed by atoms with Gasteiger partial charge in [-0.2, -0.15) is 0 Å². The van der Waals surface area contributed by atoms with Crippen molar-refractivity contribution >= 4 is 27.5 Å². The van der Waals surface area contributed by atoms with Gasteiger partial charge in [0.25, 0.3) is 5.91 Å². The highest BCUT2D eigenvalue weighted by molar-refractivity contribution is 7.89. The molecule has 7 nitrogen and oxygen atoms in total. The predicted octanol–water partition coefficient (Wildman–Crippen LogP) is 2.65. The van der Waals surface area contributed by atoms with Crippen LogP contribution in [0.5, 0.6) is 0 Å². The molecule has 2 saturated heterocycles. The summed E-state index contributed by atoms with van der Waals surface area (Å²) in [4.78, 5) is 14.9. The summed E-state index contributed by atoms with van der Waals surface area (Å²) in [6, 6.07) is 4.56. The van der Waals surface area contributed by atoms with Crippen LogP contribution in [-0.4, -0.2) is 64.2 Å². The lowest BCUT2D eigenvalue weighted by Gasteiger charge is -2.35. The van der Waals surface area contributed by atoms with Crippen LogP contribution in [0.15, 0.2) is 23.1 Å². The summed E-state index contributed by atoms with van der Waals surface area (Å²) < 4.78 is 33.4. The Kier molecular flexibility index (Phi) is 8.15. The highest BCUT2D eigenvalue weighted by Gasteiger charge is 2.24. The summed E-state index contributed by atoms with van der Waals surface area (Å²) in [6.45, 7) is 7.80. The maximum Gasteiger partial charge on any atom is 0.251 e. The second-order valence-corrected chi connectivity index (χ2v) is 10.6. The zero-order chi connectivity index (χ0) is 21.7. The fourth-order valence-corrected chi connectivity index (χ4v) is 5.47. The molecule has 1 aromatic rings. The minimum Gasteiger partial charge on any atom is -0.377 e. The average Bonchev–Trinajstić information content (AvgIpc) is 3.25. The first-order valence-electron chi connectivity index (χ1n) is 10.7. The maximum atomic E-state index is 12.7. The number of likely N-dealkylation sites (tertiary alicyclic amines) is 1. The Labute approximate surface area is 184 Å². The average molecular weight is 458 g/mol. The molecule has 1 amide bonds. The van der Waals surface area contributed by atoms with Crippen LogP contribution >= 0.6 is 11.6 Å². The Hall–Kier alpha value is -1.19. The van der Waals surface area contributed by atoms with E-state index in [-0.39, 0.29) is 40.1 Å². The Bertz CT molecular complexity index is 835. The molecule has 0 spiro atoms. The quantitative estimate of drug-likeness (QED) is 0.626. The van der Waals surface area contributed by atoms with Gasteiger partial charge in [-0.05, 0) is 69.8 Å². The van der Waals surface area contributed by atoms with Crippen molar-refractivity contribution < 1.29 is 17.9 Å². The van der Waals surface area contributed by atoms with Crippen molar-refractivity contribution in [3.05, 3.63) is 28.8 Å². The van der Waals surface area contributed by atoms with E-state index in [1.807, 2.05) is 0 Å². The van der Waals surface area contributed by atoms with Crippen LogP contribution in [0.25, 0.3) is 0 Å². The molecule has 2 unspecified atom stereocenters. The minimum absolute atomic E-state index is 0.0854. The van der Waals surface area contributed by atoms with Crippen molar-refractivity contribution in [2.24, 2.45) is 5.92 Å². The Morgan fingerprint density at radius 2 is 2.03 bits per heavy atom. The number of sulfonamides is 1. The van der Waals surface area contributed by atoms with Crippen LogP contribution in [0.3, 0.4) is 0 Å². The molecule has 0 bridgehead atoms. The van der Waals surface area contributed by atoms with Crippen molar-refractivity contribution in [3.8, 4) is 0 Å². The minimum atomic E-state index is -3.84. The van der Waals surface area contributed by atoms with Crippen molar-refractivity contribution in [2.75, 3.05) is 32.8 Å². The highest BCUT2D eigenvalue weighted by atomic mass is 35.5. The van der Waals surface area contributed by atoms with E-state index < -0.39 is 10.0 Å². The lowest BCUT2D eigenvalue weighted by atomic mass is 9.98. The molecule has 0 radical (unpaired) electrons. The molecule has 3 rings (SSSR count). The number of rotatable bonds is 8. The molecule has 2 heterocycles. The summed E-state index contributed by atoms with van der Waals surface area (Å²) in [5.41, 5.74) is 0.274. The number of hydrogen-bond donors (Lipinski definition) is 2. The van der Waals surface area contributed by atoms with Crippen molar-refractivity contribution in [1.29, 1.82) is 0 Å². The van der Waals surface area contributed by atoms with E-state index >= 15 is 0 Å². The first-order valence-corrected chi connectivity index (χ1v) is 12.6. The van der Waals surface area contributed by atoms with Crippen molar-refractivity contribution in [1.82, 2.24) is 14.9 Å². The predicted molar refractivity (Wildman–Crippen MR) is 117 cm³/mol. The first kappa shape index (κ1) is 23.5. The number of ether oxygens (including phenoxy) is 1. The van der Waals surface area contributed by atoms with Gasteiger partial charge in [0.1, 0.15) is 4.90 Å². The standard InChI is InChI=1S/C21H32ClN3O4S/c1-15-7-9-25(10-8-15)16(2)13-23-21(26)17-5-6-19(22)20(12-17)30(27,28)24-14-18-4-3-11-29-18/h5-6,12,15-16,18,24H,3-4,7-11,13-14H2,1-2H3,(H,23,26). The number of amides is 1. The summed E-state index contributed by atoms with van der Waals surface area (Å²) >= 11 is 6.13. The zero-order valence-electron chi connectivity index (χ0n) is 17.7. The van der Waals surface area contributed by atoms with Crippen LogP contribution in [0.4, 0.5) is 0 Å². The van der Waals surface area contributed by atoms with E-state index in [0.29, 0.717) is 13.2 Å². The van der Waals surface area contributed by atoms with E-state index in [1.165, 1.54) is 25.0 Å². The third-order valence-electron chi connectivity index (χ3n) is 6.01. The van der Waals surface area contributed by atoms with E-state index in [2.05, 4.69) is 28.8 Å². The van der Waals surface area contributed by atoms with E-state index in [4.69, 9.17) is 16.3 Å². The number of benzene rings is 1. The Balaban J connectivity index is 1.59. The molecule has 0 aliphatic carbocycles. The molecule has 2 aliphatic heterocycles. The van der Waals surface area contributed by atoms with Gasteiger partial charge in [0.15, 0.2) is 0 Å². The van der Waals surface area contributed by atoms with Gasteiger partial charge in [-0.3, -0.25) is 9.69 Å². The van der Waals surface area contributed by atoms with Crippen LogP contribution < -0.4 is 10.0 Å². The van der Waals surface area contributed by atoms with Crippen LogP contribution in [-0.2, 0) is 14.8 Å². The summed E-state index contributed by atoms with van der Waals surface area (Å²) in [7, 11) is -3.84. The normalized spacial score (nSPS) is 22.2. The smallest absolute Gasteiger partial charge is 0.251 e. The molecule has 168 valence electrons. The topological polar surface area (TPSA) is 87.7 Å². The third-order valence-corrected chi connectivity index (χ3v) is 7.91. The van der Waals surface area contributed by atoms with E-state index in [1.54, 1.807) is 6.07 Å². The third kappa shape index (κ3) is 6.17. The fraction of sp³-hybridized carbons (Fsp3) is 0.667. The zero-order valence-corrected chi connectivity index (χ0v) is 19.3. The molecule has 2 N–H and O–H groups in total. The van der Waals surface area contributed by atoms with Crippen molar-refractivity contribution in [2.45, 2.75) is 56.6 Å². The molecular weight excluding hydrogens is 426 g/mol. The first-order chi connectivity index (χ1) is 14.3. The second kappa shape index (κ2) is 10.4. The van der Waals surface area contributed by atoms with E-state index in [0.717, 1.165) is 31.8 Å². The molecule has 30 heavy (non-hydrogen) atoms. The van der Waals surface area contributed by atoms with E-state index in [9.17, 15) is 13.2 Å². The molecule has 1 aromatic carbocycles. The van der Waals surface area contributed by atoms with Crippen LogP contribution in [0.1, 0.15) is 49.9 Å². The fourth-order valence-electron chi connectivity index (χ4n) is 3.88. The van der Waals surface area contributed by atoms with Gasteiger partial charge in [-0.15, -0.1) is 0 Å². The monoisotopic (exact) mass is 457 g/mol. The molecule has 2 aliphatic rings. The summed E-state index contributed by atoms with van der Waals surface area (Å²) in [5.74, 6) is 0.450. The largest absolute Gasteiger partial charge is 0.377 e. The van der Waals surface area contributed by atoms with Gasteiger partial charge in [0.2, 0.25) is 10.0 Å². The number of piperidine rings is 1. The molecule has 0 saturated carbocycles. The number of carbonyl (C=O) groups excluding carboxylic acids is 1. The van der Waals surface area contributed by atoms with Crippen molar-refractivity contribution in [3.63, 3.8) is 0 Å². The lowest BCUT2D eigenvalue weighted by molar-refractivity contribution is 0.0921. The number of halogens is 1. The highest BCUT2D eigenvalue weighted by Crippen LogP contribution is 2.23. The summed E-state index contributed by atoms with van der Waals surface area (Å²) in [5, 5.41) is 3.01. The van der Waals surface area contributed by atoms with Gasteiger partial charge >= 0.3 is 0 Å². The number of carbonyl (C=O) groups is 1. The SMILES string of the molecule is CC1CCN(C(C)CNC(=O)c2ccc(Cl)c(S(=O)(=O)NCC3CCCO3)c2)CC1. The maximum absolute atomic E-state index is 12.7. The van der Waals surface area contributed by atoms with Gasteiger partial charge in [-0.1, -0.05) is 18.5 Å². The second-order valence-electron chi connectivity index (χ2n) is 8.41. The van der Waals surface area contributed by atoms with Crippen LogP contribution in [0, 0.1) is 5.92 Å².